The van der Waals surface area contributed by atoms with Crippen LogP contribution in [0, 0.1) is 0 Å². The lowest BCUT2D eigenvalue weighted by atomic mass is 10.1. The molecular weight excluding hydrogens is 300 g/mol. The van der Waals surface area contributed by atoms with Gasteiger partial charge in [-0.05, 0) is 30.3 Å². The molecule has 7 nitrogen and oxygen atoms in total. The van der Waals surface area contributed by atoms with E-state index in [-0.39, 0.29) is 11.3 Å². The first-order chi connectivity index (χ1) is 11.1. The largest absolute Gasteiger partial charge is 0.495 e. The normalized spacial score (nSPS) is 16.7. The number of furan rings is 1. The van der Waals surface area contributed by atoms with Crippen LogP contribution in [-0.4, -0.2) is 25.0 Å². The number of hydrogen-bond acceptors (Lipinski definition) is 5. The van der Waals surface area contributed by atoms with Crippen molar-refractivity contribution in [3.05, 3.63) is 54.0 Å². The van der Waals surface area contributed by atoms with Gasteiger partial charge in [0.05, 0.1) is 19.1 Å². The van der Waals surface area contributed by atoms with E-state index in [1.54, 1.807) is 36.4 Å². The molecule has 1 N–H and O–H groups in total. The fourth-order valence-corrected chi connectivity index (χ4v) is 2.21. The van der Waals surface area contributed by atoms with Crippen molar-refractivity contribution in [1.82, 2.24) is 5.32 Å². The number of barbiturate groups is 1. The second kappa shape index (κ2) is 5.80. The van der Waals surface area contributed by atoms with Gasteiger partial charge in [-0.2, -0.15) is 0 Å². The van der Waals surface area contributed by atoms with Gasteiger partial charge in [-0.25, -0.2) is 9.69 Å². The summed E-state index contributed by atoms with van der Waals surface area (Å²) in [5.41, 5.74) is 0.0424. The van der Waals surface area contributed by atoms with E-state index in [9.17, 15) is 14.4 Å². The van der Waals surface area contributed by atoms with Gasteiger partial charge >= 0.3 is 6.03 Å². The Bertz CT molecular complexity index is 808. The molecule has 0 saturated carbocycles. The Kier molecular flexibility index (Phi) is 3.68. The van der Waals surface area contributed by atoms with Gasteiger partial charge in [0.2, 0.25) is 0 Å². The zero-order valence-corrected chi connectivity index (χ0v) is 12.1. The second-order valence-corrected chi connectivity index (χ2v) is 4.65. The van der Waals surface area contributed by atoms with Crippen LogP contribution in [0.25, 0.3) is 6.08 Å². The monoisotopic (exact) mass is 312 g/mol. The third-order valence-electron chi connectivity index (χ3n) is 3.26. The first-order valence-electron chi connectivity index (χ1n) is 6.70. The summed E-state index contributed by atoms with van der Waals surface area (Å²) >= 11 is 0. The number of nitrogens with zero attached hydrogens (tertiary/aromatic N) is 1. The number of methoxy groups -OCH3 is 1. The highest BCUT2D eigenvalue weighted by molar-refractivity contribution is 6.39. The molecule has 1 aliphatic rings. The number of benzene rings is 1. The molecule has 0 spiro atoms. The van der Waals surface area contributed by atoms with E-state index in [2.05, 4.69) is 5.32 Å². The molecular formula is C16H12N2O5. The molecule has 2 heterocycles. The van der Waals surface area contributed by atoms with Crippen molar-refractivity contribution in [2.45, 2.75) is 0 Å². The molecule has 2 aromatic rings. The van der Waals surface area contributed by atoms with Crippen LogP contribution in [0.15, 0.2) is 52.7 Å². The summed E-state index contributed by atoms with van der Waals surface area (Å²) in [4.78, 5) is 37.5. The maximum absolute atomic E-state index is 12.6. The number of anilines is 1. The minimum absolute atomic E-state index is 0.203. The average Bonchev–Trinajstić information content (AvgIpc) is 3.05. The zero-order valence-electron chi connectivity index (χ0n) is 12.1. The Labute approximate surface area is 131 Å². The number of amides is 4. The Hall–Kier alpha value is -3.35. The fraction of sp³-hybridized carbons (Fsp3) is 0.0625. The number of ether oxygens (including phenoxy) is 1. The van der Waals surface area contributed by atoms with Crippen LogP contribution in [-0.2, 0) is 9.59 Å². The summed E-state index contributed by atoms with van der Waals surface area (Å²) in [5.74, 6) is -0.859. The van der Waals surface area contributed by atoms with Crippen LogP contribution in [0.1, 0.15) is 5.76 Å². The number of nitrogens with one attached hydrogen (secondary N) is 1. The third kappa shape index (κ3) is 2.59. The van der Waals surface area contributed by atoms with Crippen molar-refractivity contribution >= 4 is 29.6 Å². The molecule has 1 aromatic carbocycles. The first kappa shape index (κ1) is 14.6. The number of imide groups is 2. The van der Waals surface area contributed by atoms with Gasteiger partial charge in [-0.1, -0.05) is 12.1 Å². The quantitative estimate of drug-likeness (QED) is 0.691. The van der Waals surface area contributed by atoms with E-state index in [1.807, 2.05) is 0 Å². The molecule has 0 aliphatic carbocycles. The summed E-state index contributed by atoms with van der Waals surface area (Å²) in [6, 6.07) is 8.92. The van der Waals surface area contributed by atoms with Crippen molar-refractivity contribution in [2.24, 2.45) is 0 Å². The highest BCUT2D eigenvalue weighted by Gasteiger charge is 2.38. The minimum Gasteiger partial charge on any atom is -0.495 e. The Morgan fingerprint density at radius 1 is 1.13 bits per heavy atom. The molecule has 4 amide bonds. The van der Waals surface area contributed by atoms with Crippen LogP contribution in [0.5, 0.6) is 5.75 Å². The Morgan fingerprint density at radius 3 is 2.61 bits per heavy atom. The first-order valence-corrected chi connectivity index (χ1v) is 6.70. The maximum atomic E-state index is 12.6. The molecule has 1 fully saturated rings. The maximum Gasteiger partial charge on any atom is 0.336 e. The molecule has 0 atom stereocenters. The molecule has 1 saturated heterocycles. The standard InChI is InChI=1S/C16H12N2O5/c1-22-13-7-3-2-6-12(13)18-15(20)11(14(19)17-16(18)21)9-10-5-4-8-23-10/h2-9H,1H3,(H,17,19,21)/b11-9+. The average molecular weight is 312 g/mol. The predicted molar refractivity (Wildman–Crippen MR) is 80.7 cm³/mol. The van der Waals surface area contributed by atoms with E-state index in [1.165, 1.54) is 19.4 Å². The number of carbonyl (C=O) groups is 3. The lowest BCUT2D eigenvalue weighted by molar-refractivity contribution is -0.122. The smallest absolute Gasteiger partial charge is 0.336 e. The molecule has 0 bridgehead atoms. The molecule has 7 heteroatoms. The minimum atomic E-state index is -0.832. The van der Waals surface area contributed by atoms with Crippen LogP contribution < -0.4 is 15.0 Å². The second-order valence-electron chi connectivity index (χ2n) is 4.65. The molecule has 0 radical (unpaired) electrons. The Balaban J connectivity index is 2.05. The highest BCUT2D eigenvalue weighted by atomic mass is 16.5. The zero-order chi connectivity index (χ0) is 16.4. The topological polar surface area (TPSA) is 88.8 Å². The van der Waals surface area contributed by atoms with Crippen molar-refractivity contribution < 1.29 is 23.5 Å². The Morgan fingerprint density at radius 2 is 1.91 bits per heavy atom. The molecule has 3 rings (SSSR count). The summed E-state index contributed by atoms with van der Waals surface area (Å²) in [7, 11) is 1.43. The van der Waals surface area contributed by atoms with E-state index >= 15 is 0 Å². The number of urea groups is 1. The molecule has 23 heavy (non-hydrogen) atoms. The number of para-hydroxylation sites is 2. The number of carbonyl (C=O) groups excluding carboxylic acids is 3. The van der Waals surface area contributed by atoms with Gasteiger partial charge in [0.25, 0.3) is 11.8 Å². The van der Waals surface area contributed by atoms with Gasteiger partial charge < -0.3 is 9.15 Å². The third-order valence-corrected chi connectivity index (χ3v) is 3.26. The summed E-state index contributed by atoms with van der Waals surface area (Å²) in [6.07, 6.45) is 2.70. The van der Waals surface area contributed by atoms with E-state index in [0.29, 0.717) is 11.5 Å². The van der Waals surface area contributed by atoms with E-state index < -0.39 is 17.8 Å². The number of hydrogen-bond donors (Lipinski definition) is 1. The lowest BCUT2D eigenvalue weighted by Gasteiger charge is -2.27. The SMILES string of the molecule is COc1ccccc1N1C(=O)NC(=O)/C(=C\c2ccco2)C1=O. The highest BCUT2D eigenvalue weighted by Crippen LogP contribution is 2.30. The predicted octanol–water partition coefficient (Wildman–Crippen LogP) is 1.95. The molecule has 0 unspecified atom stereocenters. The summed E-state index contributed by atoms with van der Waals surface area (Å²) in [6.45, 7) is 0. The van der Waals surface area contributed by atoms with E-state index in [4.69, 9.17) is 9.15 Å². The van der Waals surface area contributed by atoms with Crippen LogP contribution in [0.2, 0.25) is 0 Å². The van der Waals surface area contributed by atoms with Gasteiger partial charge in [0, 0.05) is 0 Å². The molecule has 1 aromatic heterocycles. The van der Waals surface area contributed by atoms with Crippen molar-refractivity contribution in [2.75, 3.05) is 12.0 Å². The van der Waals surface area contributed by atoms with Crippen molar-refractivity contribution in [1.29, 1.82) is 0 Å². The van der Waals surface area contributed by atoms with Crippen LogP contribution in [0.3, 0.4) is 0 Å². The lowest BCUT2D eigenvalue weighted by Crippen LogP contribution is -2.54. The van der Waals surface area contributed by atoms with Crippen LogP contribution >= 0.6 is 0 Å². The van der Waals surface area contributed by atoms with Crippen molar-refractivity contribution in [3.8, 4) is 5.75 Å². The summed E-state index contributed by atoms with van der Waals surface area (Å²) in [5, 5.41) is 2.13. The molecule has 116 valence electrons. The van der Waals surface area contributed by atoms with Gasteiger partial charge in [0.1, 0.15) is 17.1 Å². The summed E-state index contributed by atoms with van der Waals surface area (Å²) < 4.78 is 10.3. The molecule has 1 aliphatic heterocycles. The number of rotatable bonds is 3. The van der Waals surface area contributed by atoms with Gasteiger partial charge in [-0.3, -0.25) is 14.9 Å². The van der Waals surface area contributed by atoms with Crippen molar-refractivity contribution in [3.63, 3.8) is 0 Å². The van der Waals surface area contributed by atoms with E-state index in [0.717, 1.165) is 4.90 Å². The van der Waals surface area contributed by atoms with Gasteiger partial charge in [-0.15, -0.1) is 0 Å². The van der Waals surface area contributed by atoms with Crippen LogP contribution in [0.4, 0.5) is 10.5 Å². The fourth-order valence-electron chi connectivity index (χ4n) is 2.21. The van der Waals surface area contributed by atoms with Gasteiger partial charge in [0.15, 0.2) is 0 Å².